The molecule has 1 amide bonds. The highest BCUT2D eigenvalue weighted by atomic mass is 35.5. The molecule has 0 unspecified atom stereocenters. The van der Waals surface area contributed by atoms with E-state index in [0.717, 1.165) is 5.56 Å². The molecular weight excluding hydrogens is 359 g/mol. The second-order valence-electron chi connectivity index (χ2n) is 5.22. The summed E-state index contributed by atoms with van der Waals surface area (Å²) in [6.45, 7) is 0.626. The van der Waals surface area contributed by atoms with Gasteiger partial charge in [-0.3, -0.25) is 4.79 Å². The van der Waals surface area contributed by atoms with Crippen molar-refractivity contribution in [2.75, 3.05) is 10.6 Å². The van der Waals surface area contributed by atoms with E-state index in [1.807, 2.05) is 30.3 Å². The summed E-state index contributed by atoms with van der Waals surface area (Å²) in [5, 5.41) is 14.6. The molecule has 0 aliphatic rings. The number of amides is 1. The molecule has 0 radical (unpaired) electrons. The molecule has 3 aromatic rings. The van der Waals surface area contributed by atoms with Gasteiger partial charge in [-0.15, -0.1) is 10.2 Å². The summed E-state index contributed by atoms with van der Waals surface area (Å²) in [5.41, 5.74) is 1.78. The number of anilines is 2. The molecule has 25 heavy (non-hydrogen) atoms. The van der Waals surface area contributed by atoms with Crippen LogP contribution in [0.25, 0.3) is 0 Å². The Hall–Kier alpha value is -2.63. The van der Waals surface area contributed by atoms with Gasteiger partial charge in [-0.2, -0.15) is 0 Å². The van der Waals surface area contributed by atoms with Crippen LogP contribution < -0.4 is 10.6 Å². The lowest BCUT2D eigenvalue weighted by Gasteiger charge is -2.08. The molecule has 0 saturated heterocycles. The van der Waals surface area contributed by atoms with Gasteiger partial charge in [0.25, 0.3) is 5.91 Å². The van der Waals surface area contributed by atoms with Crippen molar-refractivity contribution in [2.24, 2.45) is 0 Å². The highest BCUT2D eigenvalue weighted by molar-refractivity contribution is 6.36. The van der Waals surface area contributed by atoms with Crippen molar-refractivity contribution in [1.29, 1.82) is 0 Å². The lowest BCUT2D eigenvalue weighted by Crippen LogP contribution is -2.15. The molecule has 0 aliphatic heterocycles. The van der Waals surface area contributed by atoms with Crippen molar-refractivity contribution in [3.63, 3.8) is 0 Å². The van der Waals surface area contributed by atoms with E-state index in [9.17, 15) is 4.79 Å². The van der Waals surface area contributed by atoms with Crippen LogP contribution in [0.2, 0.25) is 10.0 Å². The first-order valence-electron chi connectivity index (χ1n) is 7.50. The Morgan fingerprint density at radius 1 is 0.960 bits per heavy atom. The third-order valence-corrected chi connectivity index (χ3v) is 3.94. The van der Waals surface area contributed by atoms with Gasteiger partial charge < -0.3 is 10.6 Å². The molecule has 7 heteroatoms. The maximum absolute atomic E-state index is 12.2. The van der Waals surface area contributed by atoms with Crippen LogP contribution in [0.5, 0.6) is 0 Å². The molecule has 0 aliphatic carbocycles. The van der Waals surface area contributed by atoms with E-state index in [1.54, 1.807) is 30.3 Å². The number of nitrogens with one attached hydrogen (secondary N) is 2. The zero-order valence-electron chi connectivity index (χ0n) is 13.0. The van der Waals surface area contributed by atoms with Gasteiger partial charge in [0, 0.05) is 11.6 Å². The van der Waals surface area contributed by atoms with Crippen molar-refractivity contribution in [3.8, 4) is 0 Å². The second kappa shape index (κ2) is 7.96. The quantitative estimate of drug-likeness (QED) is 0.683. The van der Waals surface area contributed by atoms with Crippen molar-refractivity contribution < 1.29 is 4.79 Å². The molecule has 0 bridgehead atoms. The fourth-order valence-electron chi connectivity index (χ4n) is 2.11. The summed E-state index contributed by atoms with van der Waals surface area (Å²) in [6.07, 6.45) is 0. The number of benzene rings is 2. The molecule has 126 valence electrons. The van der Waals surface area contributed by atoms with E-state index < -0.39 is 5.91 Å². The van der Waals surface area contributed by atoms with Gasteiger partial charge in [-0.05, 0) is 35.9 Å². The van der Waals surface area contributed by atoms with E-state index in [0.29, 0.717) is 28.1 Å². The van der Waals surface area contributed by atoms with E-state index in [1.165, 1.54) is 0 Å². The van der Waals surface area contributed by atoms with Crippen LogP contribution in [0.15, 0.2) is 60.7 Å². The number of aromatic nitrogens is 2. The summed E-state index contributed by atoms with van der Waals surface area (Å²) >= 11 is 11.9. The number of carbonyl (C=O) groups is 1. The average Bonchev–Trinajstić information content (AvgIpc) is 2.63. The van der Waals surface area contributed by atoms with E-state index in [-0.39, 0.29) is 5.69 Å². The normalized spacial score (nSPS) is 10.3. The number of hydrogen-bond acceptors (Lipinski definition) is 4. The maximum Gasteiger partial charge on any atom is 0.276 e. The van der Waals surface area contributed by atoms with Crippen molar-refractivity contribution >= 4 is 40.6 Å². The number of carbonyl (C=O) groups excluding carboxylic acids is 1. The van der Waals surface area contributed by atoms with E-state index in [4.69, 9.17) is 23.2 Å². The first-order chi connectivity index (χ1) is 12.1. The Balaban J connectivity index is 1.62. The molecule has 1 aromatic heterocycles. The zero-order chi connectivity index (χ0) is 17.6. The second-order valence-corrected chi connectivity index (χ2v) is 6.06. The topological polar surface area (TPSA) is 66.9 Å². The summed E-state index contributed by atoms with van der Waals surface area (Å²) < 4.78 is 0. The SMILES string of the molecule is O=C(Nc1ccc(Cl)cc1Cl)c1ccc(NCc2ccccc2)nn1. The van der Waals surface area contributed by atoms with Crippen LogP contribution in [-0.4, -0.2) is 16.1 Å². The Labute approximate surface area is 155 Å². The number of nitrogens with zero attached hydrogens (tertiary/aromatic N) is 2. The lowest BCUT2D eigenvalue weighted by atomic mass is 10.2. The average molecular weight is 373 g/mol. The minimum Gasteiger partial charge on any atom is -0.365 e. The Morgan fingerprint density at radius 3 is 2.44 bits per heavy atom. The van der Waals surface area contributed by atoms with Crippen LogP contribution in [0.3, 0.4) is 0 Å². The number of rotatable bonds is 5. The van der Waals surface area contributed by atoms with Crippen LogP contribution in [-0.2, 0) is 6.54 Å². The Bertz CT molecular complexity index is 870. The van der Waals surface area contributed by atoms with Crippen molar-refractivity contribution in [1.82, 2.24) is 10.2 Å². The molecule has 5 nitrogen and oxygen atoms in total. The van der Waals surface area contributed by atoms with Gasteiger partial charge in [0.2, 0.25) is 0 Å². The fraction of sp³-hybridized carbons (Fsp3) is 0.0556. The smallest absolute Gasteiger partial charge is 0.276 e. The monoisotopic (exact) mass is 372 g/mol. The van der Waals surface area contributed by atoms with Crippen LogP contribution in [0.1, 0.15) is 16.1 Å². The lowest BCUT2D eigenvalue weighted by molar-refractivity contribution is 0.102. The largest absolute Gasteiger partial charge is 0.365 e. The predicted octanol–water partition coefficient (Wildman–Crippen LogP) is 4.65. The number of hydrogen-bond donors (Lipinski definition) is 2. The molecule has 3 rings (SSSR count). The minimum absolute atomic E-state index is 0.191. The molecule has 0 fully saturated rings. The van der Waals surface area contributed by atoms with Crippen LogP contribution in [0, 0.1) is 0 Å². The van der Waals surface area contributed by atoms with Crippen molar-refractivity contribution in [3.05, 3.63) is 82.0 Å². The summed E-state index contributed by atoms with van der Waals surface area (Å²) in [4.78, 5) is 12.2. The predicted molar refractivity (Wildman–Crippen MR) is 100 cm³/mol. The molecule has 2 aromatic carbocycles. The first kappa shape index (κ1) is 17.2. The zero-order valence-corrected chi connectivity index (χ0v) is 14.6. The molecular formula is C18H14Cl2N4O. The molecule has 0 saturated carbocycles. The third kappa shape index (κ3) is 4.68. The van der Waals surface area contributed by atoms with E-state index in [2.05, 4.69) is 20.8 Å². The molecule has 0 atom stereocenters. The van der Waals surface area contributed by atoms with Gasteiger partial charge >= 0.3 is 0 Å². The molecule has 2 N–H and O–H groups in total. The van der Waals surface area contributed by atoms with Gasteiger partial charge in [-0.1, -0.05) is 53.5 Å². The summed E-state index contributed by atoms with van der Waals surface area (Å²) in [6, 6.07) is 18.1. The van der Waals surface area contributed by atoms with Crippen LogP contribution in [0.4, 0.5) is 11.5 Å². The van der Waals surface area contributed by atoms with Gasteiger partial charge in [0.05, 0.1) is 10.7 Å². The van der Waals surface area contributed by atoms with Gasteiger partial charge in [0.15, 0.2) is 5.69 Å². The standard InChI is InChI=1S/C18H14Cl2N4O/c19-13-6-7-15(14(20)10-13)22-18(25)16-8-9-17(24-23-16)21-11-12-4-2-1-3-5-12/h1-10H,11H2,(H,21,24)(H,22,25). The van der Waals surface area contributed by atoms with Gasteiger partial charge in [-0.25, -0.2) is 0 Å². The van der Waals surface area contributed by atoms with E-state index >= 15 is 0 Å². The summed E-state index contributed by atoms with van der Waals surface area (Å²) in [7, 11) is 0. The fourth-order valence-corrected chi connectivity index (χ4v) is 2.57. The van der Waals surface area contributed by atoms with Crippen LogP contribution >= 0.6 is 23.2 Å². The van der Waals surface area contributed by atoms with Crippen molar-refractivity contribution in [2.45, 2.75) is 6.54 Å². The van der Waals surface area contributed by atoms with Gasteiger partial charge in [0.1, 0.15) is 5.82 Å². The first-order valence-corrected chi connectivity index (χ1v) is 8.25. The third-order valence-electron chi connectivity index (χ3n) is 3.39. The summed E-state index contributed by atoms with van der Waals surface area (Å²) in [5.74, 6) is 0.191. The Morgan fingerprint density at radius 2 is 1.76 bits per heavy atom. The number of halogens is 2. The molecule has 1 heterocycles. The molecule has 0 spiro atoms. The highest BCUT2D eigenvalue weighted by Gasteiger charge is 2.11. The maximum atomic E-state index is 12.2. The Kier molecular flexibility index (Phi) is 5.48. The highest BCUT2D eigenvalue weighted by Crippen LogP contribution is 2.25. The minimum atomic E-state index is -0.397.